The predicted octanol–water partition coefficient (Wildman–Crippen LogP) is 2.82. The number of halogens is 7. The molecule has 0 aliphatic carbocycles. The van der Waals surface area contributed by atoms with Crippen molar-refractivity contribution in [3.8, 4) is 0 Å². The van der Waals surface area contributed by atoms with Gasteiger partial charge in [0, 0.05) is 30.1 Å². The molecule has 1 N–H and O–H groups in total. The van der Waals surface area contributed by atoms with Gasteiger partial charge < -0.3 is 5.11 Å². The summed E-state index contributed by atoms with van der Waals surface area (Å²) in [6.45, 7) is 0.993. The van der Waals surface area contributed by atoms with Crippen molar-refractivity contribution in [3.05, 3.63) is 30.1 Å². The van der Waals surface area contributed by atoms with E-state index in [1.807, 2.05) is 0 Å². The number of carbonyl (C=O) groups excluding carboxylic acids is 1. The number of pyridine rings is 1. The average Bonchev–Trinajstić information content (AvgIpc) is 2.82. The van der Waals surface area contributed by atoms with Crippen LogP contribution in [0.5, 0.6) is 0 Å². The van der Waals surface area contributed by atoms with Crippen molar-refractivity contribution in [1.29, 1.82) is 0 Å². The largest absolute Gasteiger partial charge is 0.460 e. The van der Waals surface area contributed by atoms with Gasteiger partial charge in [-0.25, -0.2) is 0 Å². The van der Waals surface area contributed by atoms with Gasteiger partial charge in [-0.15, -0.1) is 0 Å². The number of aromatic nitrogens is 1. The SMILES string of the molecule is CC1=NN(C(=O)c2ccncc2)[C@](O)(C(F)(F)C(F)(F)C(F)(F)F)C1. The van der Waals surface area contributed by atoms with Crippen molar-refractivity contribution >= 4 is 11.6 Å². The Kier molecular flexibility index (Phi) is 4.31. The first-order valence-electron chi connectivity index (χ1n) is 6.59. The van der Waals surface area contributed by atoms with Crippen LogP contribution >= 0.6 is 0 Å². The van der Waals surface area contributed by atoms with Crippen LogP contribution in [-0.2, 0) is 0 Å². The predicted molar refractivity (Wildman–Crippen MR) is 69.0 cm³/mol. The van der Waals surface area contributed by atoms with E-state index in [2.05, 4.69) is 10.1 Å². The number of hydrogen-bond acceptors (Lipinski definition) is 4. The van der Waals surface area contributed by atoms with E-state index in [1.54, 1.807) is 0 Å². The van der Waals surface area contributed by atoms with Crippen LogP contribution in [-0.4, -0.2) is 50.5 Å². The molecule has 0 saturated heterocycles. The molecule has 1 aromatic heterocycles. The van der Waals surface area contributed by atoms with E-state index in [1.165, 1.54) is 0 Å². The summed E-state index contributed by atoms with van der Waals surface area (Å²) >= 11 is 0. The van der Waals surface area contributed by atoms with Crippen molar-refractivity contribution in [2.24, 2.45) is 5.10 Å². The van der Waals surface area contributed by atoms with Gasteiger partial charge in [0.05, 0.1) is 0 Å². The number of aliphatic hydroxyl groups is 1. The Morgan fingerprint density at radius 2 is 1.68 bits per heavy atom. The van der Waals surface area contributed by atoms with E-state index >= 15 is 0 Å². The van der Waals surface area contributed by atoms with Crippen LogP contribution in [0.25, 0.3) is 0 Å². The number of carbonyl (C=O) groups is 1. The molecule has 0 unspecified atom stereocenters. The number of rotatable bonds is 3. The highest BCUT2D eigenvalue weighted by molar-refractivity contribution is 5.97. The maximum Gasteiger partial charge on any atom is 0.460 e. The lowest BCUT2D eigenvalue weighted by molar-refractivity contribution is -0.400. The minimum atomic E-state index is -6.66. The first-order valence-corrected chi connectivity index (χ1v) is 6.59. The molecule has 25 heavy (non-hydrogen) atoms. The monoisotopic (exact) mass is 373 g/mol. The fraction of sp³-hybridized carbons (Fsp3) is 0.462. The van der Waals surface area contributed by atoms with Crippen LogP contribution in [0.3, 0.4) is 0 Å². The lowest BCUT2D eigenvalue weighted by Gasteiger charge is -2.41. The normalized spacial score (nSPS) is 22.1. The third-order valence-electron chi connectivity index (χ3n) is 3.50. The summed E-state index contributed by atoms with van der Waals surface area (Å²) in [7, 11) is 0. The van der Waals surface area contributed by atoms with Gasteiger partial charge in [0.15, 0.2) is 0 Å². The first-order chi connectivity index (χ1) is 11.3. The van der Waals surface area contributed by atoms with Gasteiger partial charge in [-0.2, -0.15) is 40.8 Å². The van der Waals surface area contributed by atoms with Crippen molar-refractivity contribution in [2.75, 3.05) is 0 Å². The van der Waals surface area contributed by atoms with Crippen molar-refractivity contribution < 1.29 is 40.6 Å². The molecule has 5 nitrogen and oxygen atoms in total. The number of amides is 1. The molecule has 1 aromatic rings. The molecule has 1 aliphatic heterocycles. The van der Waals surface area contributed by atoms with Gasteiger partial charge in [-0.3, -0.25) is 9.78 Å². The second kappa shape index (κ2) is 5.64. The standard InChI is InChI=1S/C13H10F7N3O2/c1-7-6-10(25,11(14,15)12(16,17)13(18,19)20)23(22-7)9(24)8-2-4-21-5-3-8/h2-5,25H,6H2,1H3/t10-/m1/s1. The Bertz CT molecular complexity index is 705. The second-order valence-electron chi connectivity index (χ2n) is 5.33. The lowest BCUT2D eigenvalue weighted by atomic mass is 9.93. The van der Waals surface area contributed by atoms with Gasteiger partial charge in [0.25, 0.3) is 5.91 Å². The molecule has 0 spiro atoms. The molecule has 1 aliphatic rings. The quantitative estimate of drug-likeness (QED) is 0.829. The van der Waals surface area contributed by atoms with E-state index < -0.39 is 52.4 Å². The molecule has 0 saturated carbocycles. The topological polar surface area (TPSA) is 65.8 Å². The molecule has 0 bridgehead atoms. The zero-order valence-electron chi connectivity index (χ0n) is 12.4. The molecule has 2 heterocycles. The Morgan fingerprint density at radius 1 is 1.16 bits per heavy atom. The number of nitrogens with zero attached hydrogens (tertiary/aromatic N) is 3. The highest BCUT2D eigenvalue weighted by Gasteiger charge is 2.82. The fourth-order valence-electron chi connectivity index (χ4n) is 2.22. The Hall–Kier alpha value is -2.24. The van der Waals surface area contributed by atoms with E-state index in [-0.39, 0.29) is 0 Å². The molecule has 0 radical (unpaired) electrons. The summed E-state index contributed by atoms with van der Waals surface area (Å²) in [6.07, 6.45) is -5.93. The smallest absolute Gasteiger partial charge is 0.364 e. The van der Waals surface area contributed by atoms with Crippen molar-refractivity contribution in [1.82, 2.24) is 9.99 Å². The van der Waals surface area contributed by atoms with E-state index in [4.69, 9.17) is 0 Å². The molecule has 0 fully saturated rings. The minimum Gasteiger partial charge on any atom is -0.364 e. The lowest BCUT2D eigenvalue weighted by Crippen LogP contribution is -2.69. The summed E-state index contributed by atoms with van der Waals surface area (Å²) in [5.74, 6) is -14.2. The van der Waals surface area contributed by atoms with Gasteiger partial charge >= 0.3 is 18.0 Å². The molecular weight excluding hydrogens is 363 g/mol. The molecular formula is C13H10F7N3O2. The Labute approximate surface area is 135 Å². The molecule has 2 rings (SSSR count). The van der Waals surface area contributed by atoms with E-state index in [9.17, 15) is 40.6 Å². The Balaban J connectivity index is 2.53. The van der Waals surface area contributed by atoms with Crippen LogP contribution < -0.4 is 0 Å². The summed E-state index contributed by atoms with van der Waals surface area (Å²) in [6, 6.07) is 1.98. The summed E-state index contributed by atoms with van der Waals surface area (Å²) in [5.41, 5.74) is -5.02. The number of hydrogen-bond donors (Lipinski definition) is 1. The van der Waals surface area contributed by atoms with E-state index in [0.29, 0.717) is 0 Å². The van der Waals surface area contributed by atoms with Crippen LogP contribution in [0.4, 0.5) is 30.7 Å². The summed E-state index contributed by atoms with van der Waals surface area (Å²) in [5, 5.41) is 12.8. The highest BCUT2D eigenvalue weighted by atomic mass is 19.4. The zero-order valence-corrected chi connectivity index (χ0v) is 12.4. The highest BCUT2D eigenvalue weighted by Crippen LogP contribution is 2.54. The minimum absolute atomic E-state index is 0.391. The maximum atomic E-state index is 14.1. The van der Waals surface area contributed by atoms with Gasteiger partial charge in [0.1, 0.15) is 0 Å². The maximum absolute atomic E-state index is 14.1. The van der Waals surface area contributed by atoms with Crippen LogP contribution in [0.15, 0.2) is 29.6 Å². The van der Waals surface area contributed by atoms with Crippen molar-refractivity contribution in [2.45, 2.75) is 37.1 Å². The first kappa shape index (κ1) is 19.1. The Morgan fingerprint density at radius 3 is 2.16 bits per heavy atom. The zero-order chi connectivity index (χ0) is 19.3. The number of alkyl halides is 7. The molecule has 12 heteroatoms. The van der Waals surface area contributed by atoms with Gasteiger partial charge in [-0.05, 0) is 19.1 Å². The van der Waals surface area contributed by atoms with Gasteiger partial charge in [0.2, 0.25) is 5.72 Å². The fourth-order valence-corrected chi connectivity index (χ4v) is 2.22. The number of hydrazone groups is 1. The van der Waals surface area contributed by atoms with Crippen LogP contribution in [0, 0.1) is 0 Å². The average molecular weight is 373 g/mol. The summed E-state index contributed by atoms with van der Waals surface area (Å²) in [4.78, 5) is 15.7. The van der Waals surface area contributed by atoms with E-state index in [0.717, 1.165) is 31.5 Å². The third-order valence-corrected chi connectivity index (χ3v) is 3.50. The molecule has 0 aromatic carbocycles. The van der Waals surface area contributed by atoms with Gasteiger partial charge in [-0.1, -0.05) is 0 Å². The van der Waals surface area contributed by atoms with Crippen molar-refractivity contribution in [3.63, 3.8) is 0 Å². The van der Waals surface area contributed by atoms with Crippen LogP contribution in [0.2, 0.25) is 0 Å². The molecule has 138 valence electrons. The molecule has 1 atom stereocenters. The summed E-state index contributed by atoms with van der Waals surface area (Å²) < 4.78 is 92.1. The molecule has 1 amide bonds. The second-order valence-corrected chi connectivity index (χ2v) is 5.33. The van der Waals surface area contributed by atoms with Crippen LogP contribution in [0.1, 0.15) is 23.7 Å². The third kappa shape index (κ3) is 2.73.